The summed E-state index contributed by atoms with van der Waals surface area (Å²) >= 11 is 5.98. The number of nitrogens with zero attached hydrogens (tertiary/aromatic N) is 1. The number of anilines is 2. The maximum Gasteiger partial charge on any atom is 0.335 e. The molecular formula is C26H19ClFN3O6. The van der Waals surface area contributed by atoms with E-state index in [1.54, 1.807) is 18.2 Å². The number of imide groups is 2. The number of hydrogen-bond acceptors (Lipinski definition) is 6. The standard InChI is InChI=1S/C26H19ClFN3O6/c1-36-22-12-15(9-10-21(22)37-14-23(32)29-20-8-3-2-7-19(20)28)11-18-24(33)30-26(35)31(25(18)34)17-6-4-5-16(27)13-17/h2-13H,14H2,1H3,(H,29,32)(H,30,33,35)/b18-11+. The zero-order valence-electron chi connectivity index (χ0n) is 19.3. The largest absolute Gasteiger partial charge is 0.493 e. The number of carbonyl (C=O) groups excluding carboxylic acids is 4. The number of hydrogen-bond donors (Lipinski definition) is 2. The Morgan fingerprint density at radius 2 is 1.84 bits per heavy atom. The van der Waals surface area contributed by atoms with Gasteiger partial charge in [0.05, 0.1) is 18.5 Å². The lowest BCUT2D eigenvalue weighted by Crippen LogP contribution is -2.54. The Labute approximate surface area is 215 Å². The Kier molecular flexibility index (Phi) is 7.49. The number of nitrogens with one attached hydrogen (secondary N) is 2. The van der Waals surface area contributed by atoms with E-state index < -0.39 is 36.2 Å². The molecule has 0 spiro atoms. The number of barbiturate groups is 1. The molecule has 1 aliphatic heterocycles. The van der Waals surface area contributed by atoms with Crippen molar-refractivity contribution < 1.29 is 33.0 Å². The van der Waals surface area contributed by atoms with Crippen LogP contribution < -0.4 is 25.0 Å². The van der Waals surface area contributed by atoms with Crippen LogP contribution in [0.1, 0.15) is 5.56 Å². The summed E-state index contributed by atoms with van der Waals surface area (Å²) in [5.41, 5.74) is 0.313. The molecule has 9 nitrogen and oxygen atoms in total. The summed E-state index contributed by atoms with van der Waals surface area (Å²) in [5.74, 6) is -2.46. The average molecular weight is 524 g/mol. The highest BCUT2D eigenvalue weighted by Gasteiger charge is 2.36. The van der Waals surface area contributed by atoms with Gasteiger partial charge in [0, 0.05) is 5.02 Å². The van der Waals surface area contributed by atoms with Gasteiger partial charge in [-0.15, -0.1) is 0 Å². The zero-order valence-corrected chi connectivity index (χ0v) is 20.0. The quantitative estimate of drug-likeness (QED) is 0.355. The Balaban J connectivity index is 1.52. The average Bonchev–Trinajstić information content (AvgIpc) is 2.87. The molecule has 5 amide bonds. The molecule has 4 rings (SSSR count). The third-order valence-electron chi connectivity index (χ3n) is 5.17. The summed E-state index contributed by atoms with van der Waals surface area (Å²) in [7, 11) is 1.37. The molecule has 0 atom stereocenters. The molecule has 1 heterocycles. The molecule has 0 radical (unpaired) electrons. The summed E-state index contributed by atoms with van der Waals surface area (Å²) in [4.78, 5) is 50.8. The predicted octanol–water partition coefficient (Wildman–Crippen LogP) is 4.17. The van der Waals surface area contributed by atoms with Gasteiger partial charge < -0.3 is 14.8 Å². The number of rotatable bonds is 7. The van der Waals surface area contributed by atoms with Crippen LogP contribution in [-0.4, -0.2) is 37.5 Å². The fourth-order valence-electron chi connectivity index (χ4n) is 3.46. The number of halogens is 2. The fourth-order valence-corrected chi connectivity index (χ4v) is 3.64. The van der Waals surface area contributed by atoms with Gasteiger partial charge in [-0.25, -0.2) is 14.1 Å². The van der Waals surface area contributed by atoms with Crippen molar-refractivity contribution in [1.82, 2.24) is 5.32 Å². The van der Waals surface area contributed by atoms with Gasteiger partial charge in [0.25, 0.3) is 17.7 Å². The molecule has 2 N–H and O–H groups in total. The first kappa shape index (κ1) is 25.4. The van der Waals surface area contributed by atoms with E-state index in [0.717, 1.165) is 4.90 Å². The topological polar surface area (TPSA) is 114 Å². The van der Waals surface area contributed by atoms with Crippen molar-refractivity contribution in [3.05, 3.63) is 88.7 Å². The Hall–Kier alpha value is -4.70. The van der Waals surface area contributed by atoms with Gasteiger partial charge in [-0.05, 0) is 54.1 Å². The Morgan fingerprint density at radius 3 is 2.57 bits per heavy atom. The minimum absolute atomic E-state index is 0.0192. The molecule has 11 heteroatoms. The molecule has 0 aromatic heterocycles. The summed E-state index contributed by atoms with van der Waals surface area (Å²) in [6.45, 7) is -0.428. The molecule has 3 aromatic rings. The van der Waals surface area contributed by atoms with Crippen LogP contribution in [0.15, 0.2) is 72.3 Å². The van der Waals surface area contributed by atoms with Crippen molar-refractivity contribution in [1.29, 1.82) is 0 Å². The minimum Gasteiger partial charge on any atom is -0.493 e. The van der Waals surface area contributed by atoms with E-state index in [0.29, 0.717) is 10.6 Å². The van der Waals surface area contributed by atoms with Gasteiger partial charge in [-0.2, -0.15) is 0 Å². The molecule has 0 saturated carbocycles. The second-order valence-corrected chi connectivity index (χ2v) is 8.10. The number of urea groups is 1. The van der Waals surface area contributed by atoms with Crippen molar-refractivity contribution in [3.8, 4) is 11.5 Å². The second kappa shape index (κ2) is 10.9. The third kappa shape index (κ3) is 5.76. The first-order valence-corrected chi connectivity index (χ1v) is 11.2. The van der Waals surface area contributed by atoms with E-state index in [1.807, 2.05) is 0 Å². The van der Waals surface area contributed by atoms with E-state index in [-0.39, 0.29) is 28.4 Å². The van der Waals surface area contributed by atoms with Crippen molar-refractivity contribution in [2.75, 3.05) is 23.9 Å². The molecule has 188 valence electrons. The highest BCUT2D eigenvalue weighted by molar-refractivity contribution is 6.39. The highest BCUT2D eigenvalue weighted by atomic mass is 35.5. The molecule has 1 fully saturated rings. The van der Waals surface area contributed by atoms with Gasteiger partial charge in [0.1, 0.15) is 11.4 Å². The van der Waals surface area contributed by atoms with Crippen LogP contribution in [0.25, 0.3) is 6.08 Å². The lowest BCUT2D eigenvalue weighted by atomic mass is 10.1. The van der Waals surface area contributed by atoms with Crippen LogP contribution >= 0.6 is 11.6 Å². The summed E-state index contributed by atoms with van der Waals surface area (Å²) in [6.07, 6.45) is 1.29. The van der Waals surface area contributed by atoms with Crippen molar-refractivity contribution in [3.63, 3.8) is 0 Å². The molecule has 0 bridgehead atoms. The van der Waals surface area contributed by atoms with E-state index in [4.69, 9.17) is 21.1 Å². The maximum absolute atomic E-state index is 13.7. The van der Waals surface area contributed by atoms with Gasteiger partial charge >= 0.3 is 6.03 Å². The summed E-state index contributed by atoms with van der Waals surface area (Å²) in [6, 6.07) is 15.4. The van der Waals surface area contributed by atoms with E-state index in [2.05, 4.69) is 10.6 Å². The van der Waals surface area contributed by atoms with Gasteiger partial charge in [-0.3, -0.25) is 19.7 Å². The number of methoxy groups -OCH3 is 1. The third-order valence-corrected chi connectivity index (χ3v) is 5.41. The van der Waals surface area contributed by atoms with Crippen molar-refractivity contribution >= 4 is 52.8 Å². The minimum atomic E-state index is -0.899. The fraction of sp³-hybridized carbons (Fsp3) is 0.0769. The van der Waals surface area contributed by atoms with Crippen molar-refractivity contribution in [2.45, 2.75) is 0 Å². The van der Waals surface area contributed by atoms with Gasteiger partial charge in [0.2, 0.25) is 0 Å². The lowest BCUT2D eigenvalue weighted by molar-refractivity contribution is -0.122. The summed E-state index contributed by atoms with van der Waals surface area (Å²) in [5, 5.41) is 4.85. The van der Waals surface area contributed by atoms with Gasteiger partial charge in [0.15, 0.2) is 18.1 Å². The lowest BCUT2D eigenvalue weighted by Gasteiger charge is -2.26. The van der Waals surface area contributed by atoms with E-state index in [9.17, 15) is 23.6 Å². The monoisotopic (exact) mass is 523 g/mol. The maximum atomic E-state index is 13.7. The second-order valence-electron chi connectivity index (χ2n) is 7.66. The number of benzene rings is 3. The van der Waals surface area contributed by atoms with Crippen LogP contribution in [-0.2, 0) is 14.4 Å². The molecule has 37 heavy (non-hydrogen) atoms. The zero-order chi connectivity index (χ0) is 26.5. The first-order chi connectivity index (χ1) is 17.8. The molecule has 1 aliphatic rings. The number of amides is 5. The SMILES string of the molecule is COc1cc(/C=C2\C(=O)NC(=O)N(c3cccc(Cl)c3)C2=O)ccc1OCC(=O)Nc1ccccc1F. The van der Waals surface area contributed by atoms with Crippen LogP contribution in [0.5, 0.6) is 11.5 Å². The summed E-state index contributed by atoms with van der Waals surface area (Å²) < 4.78 is 24.5. The molecule has 0 aliphatic carbocycles. The smallest absolute Gasteiger partial charge is 0.335 e. The highest BCUT2D eigenvalue weighted by Crippen LogP contribution is 2.30. The van der Waals surface area contributed by atoms with Crippen molar-refractivity contribution in [2.24, 2.45) is 0 Å². The Morgan fingerprint density at radius 1 is 1.05 bits per heavy atom. The molecule has 3 aromatic carbocycles. The first-order valence-electron chi connectivity index (χ1n) is 10.8. The van der Waals surface area contributed by atoms with Gasteiger partial charge in [-0.1, -0.05) is 35.9 Å². The number of para-hydroxylation sites is 1. The Bertz CT molecular complexity index is 1440. The van der Waals surface area contributed by atoms with Crippen LogP contribution in [0.3, 0.4) is 0 Å². The van der Waals surface area contributed by atoms with Crippen LogP contribution in [0, 0.1) is 5.82 Å². The van der Waals surface area contributed by atoms with Crippen LogP contribution in [0.2, 0.25) is 5.02 Å². The molecule has 1 saturated heterocycles. The van der Waals surface area contributed by atoms with E-state index >= 15 is 0 Å². The number of carbonyl (C=O) groups is 4. The molecule has 0 unspecified atom stereocenters. The predicted molar refractivity (Wildman–Crippen MR) is 134 cm³/mol. The van der Waals surface area contributed by atoms with Crippen LogP contribution in [0.4, 0.5) is 20.6 Å². The normalized spacial score (nSPS) is 14.4. The number of ether oxygens (including phenoxy) is 2. The van der Waals surface area contributed by atoms with E-state index in [1.165, 1.54) is 61.7 Å². The molecular weight excluding hydrogens is 505 g/mol.